The molecule has 3 rings (SSSR count). The molecule has 0 radical (unpaired) electrons. The van der Waals surface area contributed by atoms with Crippen LogP contribution in [0.5, 0.6) is 11.5 Å². The number of carbonyl (C=O) groups is 1. The second-order valence-electron chi connectivity index (χ2n) is 6.54. The van der Waals surface area contributed by atoms with Crippen molar-refractivity contribution in [1.29, 1.82) is 0 Å². The van der Waals surface area contributed by atoms with Gasteiger partial charge in [0.05, 0.1) is 14.2 Å². The number of hydrogen-bond acceptors (Lipinski definition) is 5. The van der Waals surface area contributed by atoms with Crippen molar-refractivity contribution < 1.29 is 14.3 Å². The summed E-state index contributed by atoms with van der Waals surface area (Å²) in [5.41, 5.74) is 1.18. The van der Waals surface area contributed by atoms with Crippen molar-refractivity contribution in [3.05, 3.63) is 40.7 Å². The monoisotopic (exact) mass is 371 g/mol. The van der Waals surface area contributed by atoms with Crippen molar-refractivity contribution in [2.45, 2.75) is 32.2 Å². The first-order valence-corrected chi connectivity index (χ1v) is 9.20. The van der Waals surface area contributed by atoms with Gasteiger partial charge in [-0.3, -0.25) is 9.59 Å². The van der Waals surface area contributed by atoms with Crippen LogP contribution in [0.25, 0.3) is 11.3 Å². The van der Waals surface area contributed by atoms with E-state index in [0.29, 0.717) is 30.8 Å². The maximum Gasteiger partial charge on any atom is 0.270 e. The Labute approximate surface area is 158 Å². The van der Waals surface area contributed by atoms with Crippen molar-refractivity contribution >= 4 is 5.91 Å². The maximum atomic E-state index is 12.3. The highest BCUT2D eigenvalue weighted by Gasteiger charge is 2.18. The van der Waals surface area contributed by atoms with E-state index in [0.717, 1.165) is 37.2 Å². The third-order valence-electron chi connectivity index (χ3n) is 4.77. The predicted octanol–water partition coefficient (Wildman–Crippen LogP) is 2.33. The Balaban J connectivity index is 1.74. The van der Waals surface area contributed by atoms with E-state index in [1.165, 1.54) is 17.9 Å². The summed E-state index contributed by atoms with van der Waals surface area (Å²) in [6.45, 7) is 2.09. The van der Waals surface area contributed by atoms with Gasteiger partial charge in [-0.05, 0) is 43.5 Å². The number of benzene rings is 1. The number of carbonyl (C=O) groups excluding carboxylic acids is 1. The van der Waals surface area contributed by atoms with Gasteiger partial charge in [0.1, 0.15) is 11.4 Å². The molecule has 7 nitrogen and oxygen atoms in total. The molecule has 0 saturated carbocycles. The largest absolute Gasteiger partial charge is 0.497 e. The Bertz CT molecular complexity index is 839. The van der Waals surface area contributed by atoms with Gasteiger partial charge in [-0.15, -0.1) is 0 Å². The fourth-order valence-electron chi connectivity index (χ4n) is 3.24. The topological polar surface area (TPSA) is 73.7 Å². The first-order chi connectivity index (χ1) is 13.1. The second kappa shape index (κ2) is 8.70. The third-order valence-corrected chi connectivity index (χ3v) is 4.77. The molecule has 0 aliphatic carbocycles. The number of aromatic nitrogens is 2. The number of ether oxygens (including phenoxy) is 2. The van der Waals surface area contributed by atoms with Crippen LogP contribution in [0.2, 0.25) is 0 Å². The summed E-state index contributed by atoms with van der Waals surface area (Å²) in [6, 6.07) is 8.85. The van der Waals surface area contributed by atoms with Crippen molar-refractivity contribution in [3.63, 3.8) is 0 Å². The van der Waals surface area contributed by atoms with Crippen molar-refractivity contribution in [3.8, 4) is 22.8 Å². The fraction of sp³-hybridized carbons (Fsp3) is 0.450. The van der Waals surface area contributed by atoms with Crippen LogP contribution >= 0.6 is 0 Å². The van der Waals surface area contributed by atoms with Gasteiger partial charge < -0.3 is 14.4 Å². The molecule has 0 N–H and O–H groups in total. The van der Waals surface area contributed by atoms with Gasteiger partial charge in [-0.1, -0.05) is 0 Å². The lowest BCUT2D eigenvalue weighted by molar-refractivity contribution is -0.130. The van der Waals surface area contributed by atoms with E-state index in [4.69, 9.17) is 9.47 Å². The smallest absolute Gasteiger partial charge is 0.270 e. The molecule has 2 aromatic rings. The van der Waals surface area contributed by atoms with Crippen LogP contribution in [0.15, 0.2) is 35.1 Å². The van der Waals surface area contributed by atoms with E-state index >= 15 is 0 Å². The van der Waals surface area contributed by atoms with Crippen molar-refractivity contribution in [2.75, 3.05) is 27.3 Å². The summed E-state index contributed by atoms with van der Waals surface area (Å²) in [6.07, 6.45) is 3.17. The molecular weight excluding hydrogens is 346 g/mol. The Morgan fingerprint density at radius 2 is 1.81 bits per heavy atom. The normalized spacial score (nSPS) is 13.6. The van der Waals surface area contributed by atoms with Crippen LogP contribution < -0.4 is 15.0 Å². The molecule has 144 valence electrons. The minimum absolute atomic E-state index is 0.157. The van der Waals surface area contributed by atoms with Gasteiger partial charge in [0.25, 0.3) is 5.56 Å². The van der Waals surface area contributed by atoms with Crippen LogP contribution in [0.4, 0.5) is 0 Å². The summed E-state index contributed by atoms with van der Waals surface area (Å²) >= 11 is 0. The van der Waals surface area contributed by atoms with Gasteiger partial charge >= 0.3 is 0 Å². The quantitative estimate of drug-likeness (QED) is 0.747. The molecule has 1 fully saturated rings. The average Bonchev–Trinajstić information content (AvgIpc) is 3.24. The molecule has 1 aromatic carbocycles. The maximum absolute atomic E-state index is 12.3. The van der Waals surface area contributed by atoms with Crippen LogP contribution in [0, 0.1) is 0 Å². The van der Waals surface area contributed by atoms with Gasteiger partial charge in [0, 0.05) is 37.7 Å². The number of hydrogen-bond donors (Lipinski definition) is 0. The molecule has 2 heterocycles. The van der Waals surface area contributed by atoms with Gasteiger partial charge in [-0.2, -0.15) is 5.10 Å². The Kier molecular flexibility index (Phi) is 6.11. The Morgan fingerprint density at radius 1 is 1.11 bits per heavy atom. The lowest BCUT2D eigenvalue weighted by atomic mass is 10.1. The zero-order valence-corrected chi connectivity index (χ0v) is 15.8. The minimum Gasteiger partial charge on any atom is -0.497 e. The summed E-state index contributed by atoms with van der Waals surface area (Å²) in [5.74, 6) is 1.32. The lowest BCUT2D eigenvalue weighted by Gasteiger charge is -2.15. The van der Waals surface area contributed by atoms with Crippen molar-refractivity contribution in [1.82, 2.24) is 14.7 Å². The Hall–Kier alpha value is -2.83. The highest BCUT2D eigenvalue weighted by molar-refractivity contribution is 5.76. The third kappa shape index (κ3) is 4.48. The average molecular weight is 371 g/mol. The highest BCUT2D eigenvalue weighted by atomic mass is 16.5. The van der Waals surface area contributed by atoms with E-state index in [-0.39, 0.29) is 11.5 Å². The van der Waals surface area contributed by atoms with Crippen LogP contribution in [0.1, 0.15) is 25.7 Å². The minimum atomic E-state index is -0.238. The molecule has 1 aliphatic heterocycles. The lowest BCUT2D eigenvalue weighted by Crippen LogP contribution is -2.28. The number of likely N-dealkylation sites (tertiary alicyclic amines) is 1. The summed E-state index contributed by atoms with van der Waals surface area (Å²) < 4.78 is 11.9. The van der Waals surface area contributed by atoms with E-state index < -0.39 is 0 Å². The van der Waals surface area contributed by atoms with Gasteiger partial charge in [0.15, 0.2) is 5.75 Å². The molecule has 1 aromatic heterocycles. The first-order valence-electron chi connectivity index (χ1n) is 9.20. The van der Waals surface area contributed by atoms with E-state index in [9.17, 15) is 9.59 Å². The molecule has 7 heteroatoms. The van der Waals surface area contributed by atoms with Crippen LogP contribution in [-0.4, -0.2) is 47.9 Å². The number of amides is 1. The number of aryl methyl sites for hydroxylation is 1. The molecule has 1 amide bonds. The molecule has 0 atom stereocenters. The van der Waals surface area contributed by atoms with E-state index in [2.05, 4.69) is 5.10 Å². The summed E-state index contributed by atoms with van der Waals surface area (Å²) in [7, 11) is 3.12. The number of rotatable bonds is 7. The van der Waals surface area contributed by atoms with Crippen LogP contribution in [-0.2, 0) is 11.3 Å². The SMILES string of the molecule is COc1ccc(-c2nn(CCCC(=O)N3CCCC3)c(=O)cc2OC)cc1. The Morgan fingerprint density at radius 3 is 2.44 bits per heavy atom. The molecule has 0 bridgehead atoms. The summed E-state index contributed by atoms with van der Waals surface area (Å²) in [4.78, 5) is 26.4. The standard InChI is InChI=1S/C20H25N3O4/c1-26-16-9-7-15(8-10-16)20-17(27-2)14-19(25)23(21-20)13-5-6-18(24)22-11-3-4-12-22/h7-10,14H,3-6,11-13H2,1-2H3. The van der Waals surface area contributed by atoms with Gasteiger partial charge in [-0.25, -0.2) is 4.68 Å². The molecule has 0 unspecified atom stereocenters. The zero-order chi connectivity index (χ0) is 19.2. The van der Waals surface area contributed by atoms with E-state index in [1.807, 2.05) is 29.2 Å². The summed E-state index contributed by atoms with van der Waals surface area (Å²) in [5, 5.41) is 4.48. The molecular formula is C20H25N3O4. The van der Waals surface area contributed by atoms with Gasteiger partial charge in [0.2, 0.25) is 5.91 Å². The molecule has 1 saturated heterocycles. The zero-order valence-electron chi connectivity index (χ0n) is 15.8. The molecule has 27 heavy (non-hydrogen) atoms. The molecule has 0 spiro atoms. The second-order valence-corrected chi connectivity index (χ2v) is 6.54. The predicted molar refractivity (Wildman–Crippen MR) is 102 cm³/mol. The number of nitrogens with zero attached hydrogens (tertiary/aromatic N) is 3. The fourth-order valence-corrected chi connectivity index (χ4v) is 3.24. The first kappa shape index (κ1) is 18.9. The highest BCUT2D eigenvalue weighted by Crippen LogP contribution is 2.27. The molecule has 1 aliphatic rings. The van der Waals surface area contributed by atoms with E-state index in [1.54, 1.807) is 7.11 Å². The van der Waals surface area contributed by atoms with Crippen LogP contribution in [0.3, 0.4) is 0 Å². The number of methoxy groups -OCH3 is 2. The van der Waals surface area contributed by atoms with Crippen molar-refractivity contribution in [2.24, 2.45) is 0 Å².